The van der Waals surface area contributed by atoms with Crippen LogP contribution in [0.25, 0.3) is 0 Å². The van der Waals surface area contributed by atoms with Gasteiger partial charge in [0, 0.05) is 37.3 Å². The third-order valence-corrected chi connectivity index (χ3v) is 7.55. The van der Waals surface area contributed by atoms with E-state index in [0.717, 1.165) is 31.6 Å². The summed E-state index contributed by atoms with van der Waals surface area (Å²) in [4.78, 5) is 27.2. The summed E-state index contributed by atoms with van der Waals surface area (Å²) in [5, 5.41) is 10.2. The maximum absolute atomic E-state index is 12.7. The third kappa shape index (κ3) is 7.53. The van der Waals surface area contributed by atoms with E-state index in [9.17, 15) is 18.0 Å². The van der Waals surface area contributed by atoms with Gasteiger partial charge in [0.25, 0.3) is 0 Å². The molecule has 36 heavy (non-hydrogen) atoms. The molecule has 1 heterocycles. The van der Waals surface area contributed by atoms with Crippen LogP contribution in [-0.4, -0.2) is 58.4 Å². The Labute approximate surface area is 211 Å². The molecular weight excluding hydrogens is 482 g/mol. The van der Waals surface area contributed by atoms with Crippen LogP contribution in [0, 0.1) is 11.3 Å². The monoisotopic (exact) mass is 515 g/mol. The summed E-state index contributed by atoms with van der Waals surface area (Å²) >= 11 is 0. The van der Waals surface area contributed by atoms with Crippen LogP contribution in [0.15, 0.2) is 59.5 Å². The van der Waals surface area contributed by atoms with Gasteiger partial charge in [0.1, 0.15) is 11.9 Å². The normalized spacial score (nSPS) is 15.2. The molecule has 1 saturated heterocycles. The molecule has 2 aromatic rings. The fraction of sp³-hybridized carbons (Fsp3) is 0.400. The van der Waals surface area contributed by atoms with E-state index < -0.39 is 22.0 Å². The number of esters is 1. The standard InChI is InChI=1S/C25H33N5O5S/c1-2-35-25(32)22(29-36(33,34)21-6-4-3-5-7-21)17-28-23(31)16-18-12-14-30(15-13-18)20-10-8-19(9-11-20)24(26)27/h3-11,18,22,29H,2,12-17H2,1H3,(H3,26,27)(H,28,31)/t22-/m0/s1. The predicted molar refractivity (Wildman–Crippen MR) is 137 cm³/mol. The molecule has 194 valence electrons. The lowest BCUT2D eigenvalue weighted by atomic mass is 9.93. The average Bonchev–Trinajstić information content (AvgIpc) is 2.87. The zero-order valence-electron chi connectivity index (χ0n) is 20.3. The summed E-state index contributed by atoms with van der Waals surface area (Å²) < 4.78 is 32.7. The van der Waals surface area contributed by atoms with Gasteiger partial charge in [0.2, 0.25) is 15.9 Å². The minimum absolute atomic E-state index is 0.0216. The topological polar surface area (TPSA) is 155 Å². The Bertz CT molecular complexity index is 1150. The quantitative estimate of drug-likeness (QED) is 0.201. The lowest BCUT2D eigenvalue weighted by Crippen LogP contribution is -2.49. The molecule has 0 aromatic heterocycles. The summed E-state index contributed by atoms with van der Waals surface area (Å²) in [6.45, 7) is 3.10. The van der Waals surface area contributed by atoms with Crippen molar-refractivity contribution < 1.29 is 22.7 Å². The number of amidine groups is 1. The highest BCUT2D eigenvalue weighted by Crippen LogP contribution is 2.25. The van der Waals surface area contributed by atoms with Gasteiger partial charge in [-0.3, -0.25) is 15.0 Å². The number of nitrogens with two attached hydrogens (primary N) is 1. The summed E-state index contributed by atoms with van der Waals surface area (Å²) in [6, 6.07) is 14.0. The molecule has 11 heteroatoms. The summed E-state index contributed by atoms with van der Waals surface area (Å²) in [5.74, 6) is -0.780. The van der Waals surface area contributed by atoms with Gasteiger partial charge in [-0.05, 0) is 62.1 Å². The molecule has 1 atom stereocenters. The Morgan fingerprint density at radius 3 is 2.33 bits per heavy atom. The highest BCUT2D eigenvalue weighted by atomic mass is 32.2. The van der Waals surface area contributed by atoms with E-state index >= 15 is 0 Å². The van der Waals surface area contributed by atoms with Gasteiger partial charge in [-0.2, -0.15) is 4.72 Å². The number of nitrogens with one attached hydrogen (secondary N) is 3. The van der Waals surface area contributed by atoms with Crippen molar-refractivity contribution in [1.82, 2.24) is 10.0 Å². The van der Waals surface area contributed by atoms with Crippen molar-refractivity contribution in [3.63, 3.8) is 0 Å². The van der Waals surface area contributed by atoms with Gasteiger partial charge in [-0.25, -0.2) is 8.42 Å². The number of carbonyl (C=O) groups is 2. The summed E-state index contributed by atoms with van der Waals surface area (Å²) in [5.41, 5.74) is 7.24. The summed E-state index contributed by atoms with van der Waals surface area (Å²) in [6.07, 6.45) is 1.94. The lowest BCUT2D eigenvalue weighted by Gasteiger charge is -2.33. The fourth-order valence-electron chi connectivity index (χ4n) is 4.07. The molecule has 0 unspecified atom stereocenters. The number of amides is 1. The van der Waals surface area contributed by atoms with Crippen LogP contribution in [0.5, 0.6) is 0 Å². The Kier molecular flexibility index (Phi) is 9.43. The van der Waals surface area contributed by atoms with E-state index in [1.54, 1.807) is 25.1 Å². The van der Waals surface area contributed by atoms with Gasteiger partial charge >= 0.3 is 5.97 Å². The van der Waals surface area contributed by atoms with Crippen LogP contribution in [0.4, 0.5) is 5.69 Å². The molecule has 0 aliphatic carbocycles. The number of nitrogen functional groups attached to an aromatic ring is 1. The first-order valence-electron chi connectivity index (χ1n) is 11.9. The average molecular weight is 516 g/mol. The zero-order valence-corrected chi connectivity index (χ0v) is 21.1. The molecule has 0 saturated carbocycles. The zero-order chi connectivity index (χ0) is 26.1. The molecule has 5 N–H and O–H groups in total. The number of nitrogens with zero attached hydrogens (tertiary/aromatic N) is 1. The first kappa shape index (κ1) is 27.2. The first-order chi connectivity index (χ1) is 17.2. The van der Waals surface area contributed by atoms with E-state index in [0.29, 0.717) is 5.56 Å². The smallest absolute Gasteiger partial charge is 0.326 e. The minimum atomic E-state index is -3.96. The highest BCUT2D eigenvalue weighted by molar-refractivity contribution is 7.89. The molecule has 0 spiro atoms. The predicted octanol–water partition coefficient (Wildman–Crippen LogP) is 1.60. The van der Waals surface area contributed by atoms with Gasteiger partial charge in [-0.15, -0.1) is 0 Å². The van der Waals surface area contributed by atoms with Gasteiger partial charge in [0.15, 0.2) is 0 Å². The van der Waals surface area contributed by atoms with Gasteiger partial charge < -0.3 is 20.7 Å². The van der Waals surface area contributed by atoms with E-state index in [1.165, 1.54) is 12.1 Å². The molecule has 1 amide bonds. The van der Waals surface area contributed by atoms with Crippen LogP contribution < -0.4 is 20.7 Å². The van der Waals surface area contributed by atoms with Crippen molar-refractivity contribution in [2.24, 2.45) is 11.7 Å². The minimum Gasteiger partial charge on any atom is -0.465 e. The SMILES string of the molecule is CCOC(=O)[C@H](CNC(=O)CC1CCN(c2ccc(C(=N)N)cc2)CC1)NS(=O)(=O)c1ccccc1. The van der Waals surface area contributed by atoms with E-state index in [2.05, 4.69) is 14.9 Å². The fourth-order valence-corrected chi connectivity index (χ4v) is 5.27. The van der Waals surface area contributed by atoms with Crippen LogP contribution in [0.1, 0.15) is 31.7 Å². The highest BCUT2D eigenvalue weighted by Gasteiger charge is 2.28. The number of carbonyl (C=O) groups excluding carboxylic acids is 2. The van der Waals surface area contributed by atoms with Crippen molar-refractivity contribution in [3.05, 3.63) is 60.2 Å². The molecule has 1 aliphatic rings. The molecule has 10 nitrogen and oxygen atoms in total. The maximum Gasteiger partial charge on any atom is 0.326 e. The van der Waals surface area contributed by atoms with Crippen molar-refractivity contribution in [2.45, 2.75) is 37.1 Å². The van der Waals surface area contributed by atoms with Crippen LogP contribution in [-0.2, 0) is 24.3 Å². The molecule has 0 radical (unpaired) electrons. The molecular formula is C25H33N5O5S. The number of ether oxygens (including phenoxy) is 1. The number of sulfonamides is 1. The number of piperidine rings is 1. The van der Waals surface area contributed by atoms with Crippen LogP contribution >= 0.6 is 0 Å². The van der Waals surface area contributed by atoms with Crippen molar-refractivity contribution in [1.29, 1.82) is 5.41 Å². The van der Waals surface area contributed by atoms with E-state index in [-0.39, 0.29) is 42.1 Å². The third-order valence-electron chi connectivity index (χ3n) is 6.06. The van der Waals surface area contributed by atoms with Gasteiger partial charge in [-0.1, -0.05) is 18.2 Å². The Hall–Kier alpha value is -3.44. The second-order valence-corrected chi connectivity index (χ2v) is 10.4. The number of benzene rings is 2. The number of hydrogen-bond acceptors (Lipinski definition) is 7. The van der Waals surface area contributed by atoms with Crippen molar-refractivity contribution in [3.8, 4) is 0 Å². The Balaban J connectivity index is 1.51. The van der Waals surface area contributed by atoms with Gasteiger partial charge in [0.05, 0.1) is 11.5 Å². The molecule has 0 bridgehead atoms. The number of anilines is 1. The molecule has 2 aromatic carbocycles. The van der Waals surface area contributed by atoms with Crippen molar-refractivity contribution >= 4 is 33.4 Å². The van der Waals surface area contributed by atoms with E-state index in [4.69, 9.17) is 15.9 Å². The largest absolute Gasteiger partial charge is 0.465 e. The second kappa shape index (κ2) is 12.5. The second-order valence-electron chi connectivity index (χ2n) is 8.64. The Morgan fingerprint density at radius 2 is 1.75 bits per heavy atom. The van der Waals surface area contributed by atoms with E-state index in [1.807, 2.05) is 24.3 Å². The molecule has 1 aliphatic heterocycles. The van der Waals surface area contributed by atoms with Crippen molar-refractivity contribution in [2.75, 3.05) is 31.1 Å². The number of rotatable bonds is 11. The maximum atomic E-state index is 12.7. The number of hydrogen-bond donors (Lipinski definition) is 4. The summed E-state index contributed by atoms with van der Waals surface area (Å²) in [7, 11) is -3.96. The Morgan fingerprint density at radius 1 is 1.11 bits per heavy atom. The lowest BCUT2D eigenvalue weighted by molar-refractivity contribution is -0.145. The molecule has 3 rings (SSSR count). The van der Waals surface area contributed by atoms with Crippen LogP contribution in [0.3, 0.4) is 0 Å². The first-order valence-corrected chi connectivity index (χ1v) is 13.4. The molecule has 1 fully saturated rings. The van der Waals surface area contributed by atoms with Crippen LogP contribution in [0.2, 0.25) is 0 Å².